The van der Waals surface area contributed by atoms with E-state index in [2.05, 4.69) is 53.1 Å². The molecule has 0 spiro atoms. The number of aromatic nitrogens is 2. The van der Waals surface area contributed by atoms with Crippen LogP contribution in [-0.4, -0.2) is 17.0 Å². The van der Waals surface area contributed by atoms with Gasteiger partial charge in [0.25, 0.3) is 0 Å². The molecular formula is C12H15N3. The Hall–Kier alpha value is -1.77. The second-order valence-corrected chi connectivity index (χ2v) is 3.77. The van der Waals surface area contributed by atoms with Crippen molar-refractivity contribution in [1.82, 2.24) is 9.97 Å². The molecule has 1 heterocycles. The number of imidazole rings is 1. The summed E-state index contributed by atoms with van der Waals surface area (Å²) in [5, 5.41) is 0. The van der Waals surface area contributed by atoms with Gasteiger partial charge in [-0.2, -0.15) is 0 Å². The van der Waals surface area contributed by atoms with Crippen molar-refractivity contribution >= 4 is 5.69 Å². The first-order chi connectivity index (χ1) is 7.25. The van der Waals surface area contributed by atoms with E-state index >= 15 is 0 Å². The first-order valence-corrected chi connectivity index (χ1v) is 5.01. The fourth-order valence-electron chi connectivity index (χ4n) is 1.58. The van der Waals surface area contributed by atoms with Crippen LogP contribution in [0.15, 0.2) is 36.8 Å². The van der Waals surface area contributed by atoms with Gasteiger partial charge in [-0.3, -0.25) is 0 Å². The van der Waals surface area contributed by atoms with E-state index < -0.39 is 0 Å². The van der Waals surface area contributed by atoms with Crippen LogP contribution in [-0.2, 0) is 6.54 Å². The highest BCUT2D eigenvalue weighted by Crippen LogP contribution is 2.15. The normalized spacial score (nSPS) is 10.3. The lowest BCUT2D eigenvalue weighted by Crippen LogP contribution is -2.16. The molecule has 0 saturated heterocycles. The van der Waals surface area contributed by atoms with Crippen molar-refractivity contribution in [3.63, 3.8) is 0 Å². The molecule has 2 rings (SSSR count). The van der Waals surface area contributed by atoms with Crippen molar-refractivity contribution in [1.29, 1.82) is 0 Å². The fraction of sp³-hybridized carbons (Fsp3) is 0.250. The lowest BCUT2D eigenvalue weighted by molar-refractivity contribution is 0.893. The highest BCUT2D eigenvalue weighted by Gasteiger charge is 2.02. The minimum absolute atomic E-state index is 0.851. The van der Waals surface area contributed by atoms with E-state index in [9.17, 15) is 0 Å². The Morgan fingerprint density at radius 2 is 2.27 bits per heavy atom. The summed E-state index contributed by atoms with van der Waals surface area (Å²) < 4.78 is 0. The second kappa shape index (κ2) is 4.17. The van der Waals surface area contributed by atoms with E-state index in [0.717, 1.165) is 12.2 Å². The molecule has 78 valence electrons. The minimum Gasteiger partial charge on any atom is -0.369 e. The van der Waals surface area contributed by atoms with Crippen molar-refractivity contribution in [2.75, 3.05) is 11.9 Å². The van der Waals surface area contributed by atoms with Gasteiger partial charge < -0.3 is 9.88 Å². The maximum absolute atomic E-state index is 4.00. The third-order valence-corrected chi connectivity index (χ3v) is 2.40. The Bertz CT molecular complexity index is 420. The third kappa shape index (κ3) is 2.37. The fourth-order valence-corrected chi connectivity index (χ4v) is 1.58. The number of hydrogen-bond acceptors (Lipinski definition) is 2. The molecule has 0 unspecified atom stereocenters. The molecular weight excluding hydrogens is 186 g/mol. The van der Waals surface area contributed by atoms with Gasteiger partial charge in [0.1, 0.15) is 0 Å². The van der Waals surface area contributed by atoms with E-state index in [0.29, 0.717) is 0 Å². The van der Waals surface area contributed by atoms with Gasteiger partial charge >= 0.3 is 0 Å². The molecule has 0 atom stereocenters. The predicted octanol–water partition coefficient (Wildman–Crippen LogP) is 2.35. The molecule has 0 fully saturated rings. The van der Waals surface area contributed by atoms with Crippen LogP contribution in [0.5, 0.6) is 0 Å². The van der Waals surface area contributed by atoms with E-state index in [1.807, 2.05) is 6.20 Å². The largest absolute Gasteiger partial charge is 0.369 e. The van der Waals surface area contributed by atoms with Gasteiger partial charge in [0.2, 0.25) is 0 Å². The molecule has 3 heteroatoms. The first kappa shape index (κ1) is 9.77. The number of nitrogens with zero attached hydrogens (tertiary/aromatic N) is 2. The number of aromatic amines is 1. The van der Waals surface area contributed by atoms with Crippen molar-refractivity contribution in [2.45, 2.75) is 13.5 Å². The summed E-state index contributed by atoms with van der Waals surface area (Å²) in [6, 6.07) is 8.47. The Balaban J connectivity index is 2.11. The summed E-state index contributed by atoms with van der Waals surface area (Å²) in [4.78, 5) is 9.30. The van der Waals surface area contributed by atoms with Gasteiger partial charge in [-0.15, -0.1) is 0 Å². The maximum Gasteiger partial charge on any atom is 0.0922 e. The van der Waals surface area contributed by atoms with Crippen LogP contribution in [0, 0.1) is 6.92 Å². The van der Waals surface area contributed by atoms with E-state index in [1.54, 1.807) is 6.33 Å². The average Bonchev–Trinajstić information content (AvgIpc) is 2.70. The smallest absolute Gasteiger partial charge is 0.0922 e. The maximum atomic E-state index is 4.00. The third-order valence-electron chi connectivity index (χ3n) is 2.40. The number of anilines is 1. The van der Waals surface area contributed by atoms with Crippen LogP contribution in [0.4, 0.5) is 5.69 Å². The second-order valence-electron chi connectivity index (χ2n) is 3.77. The summed E-state index contributed by atoms with van der Waals surface area (Å²) in [6.45, 7) is 2.96. The van der Waals surface area contributed by atoms with Crippen LogP contribution < -0.4 is 4.90 Å². The van der Waals surface area contributed by atoms with Gasteiger partial charge in [-0.05, 0) is 24.6 Å². The molecule has 1 aromatic heterocycles. The van der Waals surface area contributed by atoms with Crippen LogP contribution >= 0.6 is 0 Å². The Kier molecular flexibility index (Phi) is 2.72. The molecule has 0 amide bonds. The van der Waals surface area contributed by atoms with Gasteiger partial charge in [-0.1, -0.05) is 12.1 Å². The number of hydrogen-bond donors (Lipinski definition) is 1. The minimum atomic E-state index is 0.851. The standard InChI is InChI=1S/C12H15N3/c1-10-4-3-5-12(6-10)15(2)8-11-7-13-9-14-11/h3-7,9H,8H2,1-2H3,(H,13,14). The highest BCUT2D eigenvalue weighted by molar-refractivity contribution is 5.47. The Morgan fingerprint density at radius 3 is 2.93 bits per heavy atom. The number of aryl methyl sites for hydroxylation is 1. The van der Waals surface area contributed by atoms with Crippen molar-refractivity contribution in [3.05, 3.63) is 48.0 Å². The SMILES string of the molecule is Cc1cccc(N(C)Cc2cnc[nH]2)c1. The molecule has 0 aliphatic heterocycles. The van der Waals surface area contributed by atoms with Gasteiger partial charge in [0.05, 0.1) is 18.6 Å². The molecule has 0 radical (unpaired) electrons. The molecule has 15 heavy (non-hydrogen) atoms. The van der Waals surface area contributed by atoms with E-state index in [-0.39, 0.29) is 0 Å². The van der Waals surface area contributed by atoms with Crippen molar-refractivity contribution < 1.29 is 0 Å². The van der Waals surface area contributed by atoms with Crippen LogP contribution in [0.1, 0.15) is 11.3 Å². The van der Waals surface area contributed by atoms with E-state index in [1.165, 1.54) is 11.3 Å². The number of benzene rings is 1. The zero-order valence-electron chi connectivity index (χ0n) is 9.07. The topological polar surface area (TPSA) is 31.9 Å². The highest BCUT2D eigenvalue weighted by atomic mass is 15.1. The van der Waals surface area contributed by atoms with Gasteiger partial charge in [0, 0.05) is 18.9 Å². The molecule has 0 aliphatic rings. The first-order valence-electron chi connectivity index (χ1n) is 5.01. The van der Waals surface area contributed by atoms with Crippen LogP contribution in [0.2, 0.25) is 0 Å². The zero-order valence-corrected chi connectivity index (χ0v) is 9.07. The van der Waals surface area contributed by atoms with Gasteiger partial charge in [-0.25, -0.2) is 4.98 Å². The average molecular weight is 201 g/mol. The predicted molar refractivity (Wildman–Crippen MR) is 61.9 cm³/mol. The summed E-state index contributed by atoms with van der Waals surface area (Å²) in [6.07, 6.45) is 3.56. The molecule has 0 saturated carbocycles. The summed E-state index contributed by atoms with van der Waals surface area (Å²) >= 11 is 0. The summed E-state index contributed by atoms with van der Waals surface area (Å²) in [7, 11) is 2.08. The number of rotatable bonds is 3. The van der Waals surface area contributed by atoms with Gasteiger partial charge in [0.15, 0.2) is 0 Å². The summed E-state index contributed by atoms with van der Waals surface area (Å²) in [5.41, 5.74) is 3.63. The molecule has 2 aromatic rings. The molecule has 3 nitrogen and oxygen atoms in total. The van der Waals surface area contributed by atoms with Crippen molar-refractivity contribution in [3.8, 4) is 0 Å². The Morgan fingerprint density at radius 1 is 1.40 bits per heavy atom. The summed E-state index contributed by atoms with van der Waals surface area (Å²) in [5.74, 6) is 0. The number of H-pyrrole nitrogens is 1. The lowest BCUT2D eigenvalue weighted by atomic mass is 10.2. The number of nitrogens with one attached hydrogen (secondary N) is 1. The van der Waals surface area contributed by atoms with Crippen LogP contribution in [0.3, 0.4) is 0 Å². The van der Waals surface area contributed by atoms with Crippen molar-refractivity contribution in [2.24, 2.45) is 0 Å². The monoisotopic (exact) mass is 201 g/mol. The molecule has 0 aliphatic carbocycles. The quantitative estimate of drug-likeness (QED) is 0.826. The Labute approximate surface area is 89.8 Å². The molecule has 0 bridgehead atoms. The van der Waals surface area contributed by atoms with E-state index in [4.69, 9.17) is 0 Å². The van der Waals surface area contributed by atoms with Crippen LogP contribution in [0.25, 0.3) is 0 Å². The molecule has 1 N–H and O–H groups in total. The lowest BCUT2D eigenvalue weighted by Gasteiger charge is -2.18. The molecule has 1 aromatic carbocycles. The zero-order chi connectivity index (χ0) is 10.7.